The quantitative estimate of drug-likeness (QED) is 0.637. The van der Waals surface area contributed by atoms with Crippen LogP contribution in [0.25, 0.3) is 11.2 Å². The summed E-state index contributed by atoms with van der Waals surface area (Å²) < 4.78 is 9.58. The number of β-amino-alcohol motifs (C(OH)–C–C–N with tert-alkyl or cyclic N) is 1. The van der Waals surface area contributed by atoms with Crippen LogP contribution in [0.3, 0.4) is 0 Å². The van der Waals surface area contributed by atoms with Crippen LogP contribution in [0.15, 0.2) is 33.9 Å². The number of nitrogens with zero attached hydrogens (tertiary/aromatic N) is 5. The van der Waals surface area contributed by atoms with E-state index in [-0.39, 0.29) is 19.7 Å². The van der Waals surface area contributed by atoms with E-state index in [4.69, 9.17) is 4.74 Å². The van der Waals surface area contributed by atoms with Gasteiger partial charge in [0.2, 0.25) is 5.95 Å². The molecular weight excluding hydrogens is 374 g/mol. The molecule has 0 unspecified atom stereocenters. The van der Waals surface area contributed by atoms with Gasteiger partial charge in [-0.1, -0.05) is 17.7 Å². The number of fused-ring (bicyclic) bond motifs is 3. The Hall–Kier alpha value is -2.91. The summed E-state index contributed by atoms with van der Waals surface area (Å²) in [6, 6.07) is 7.88. The van der Waals surface area contributed by atoms with Gasteiger partial charge in [0.05, 0.1) is 32.3 Å². The smallest absolute Gasteiger partial charge is 0.332 e. The summed E-state index contributed by atoms with van der Waals surface area (Å²) in [6.07, 6.45) is -0.672. The number of ether oxygens (including phenoxy) is 1. The maximum absolute atomic E-state index is 13.2. The topological polar surface area (TPSA) is 94.5 Å². The number of aliphatic hydroxyl groups excluding tert-OH is 1. The van der Waals surface area contributed by atoms with Gasteiger partial charge in [0, 0.05) is 19.3 Å². The van der Waals surface area contributed by atoms with Crippen molar-refractivity contribution in [3.05, 3.63) is 50.7 Å². The molecule has 0 saturated carbocycles. The van der Waals surface area contributed by atoms with Crippen molar-refractivity contribution in [1.82, 2.24) is 18.7 Å². The summed E-state index contributed by atoms with van der Waals surface area (Å²) in [5, 5.41) is 10.5. The van der Waals surface area contributed by atoms with Crippen molar-refractivity contribution in [3.63, 3.8) is 0 Å². The molecular formula is C20H25N5O4. The Morgan fingerprint density at radius 3 is 2.62 bits per heavy atom. The summed E-state index contributed by atoms with van der Waals surface area (Å²) in [6.45, 7) is 5.42. The maximum atomic E-state index is 13.2. The molecule has 0 aliphatic carbocycles. The maximum Gasteiger partial charge on any atom is 0.332 e. The zero-order chi connectivity index (χ0) is 20.7. The fraction of sp³-hybridized carbons (Fsp3) is 0.450. The predicted octanol–water partition coefficient (Wildman–Crippen LogP) is 0.754. The average Bonchev–Trinajstić information content (AvgIpc) is 3.08. The highest BCUT2D eigenvalue weighted by Gasteiger charge is 2.30. The molecule has 3 heterocycles. The lowest BCUT2D eigenvalue weighted by Gasteiger charge is -2.32. The minimum Gasteiger partial charge on any atom is -0.389 e. The average molecular weight is 399 g/mol. The van der Waals surface area contributed by atoms with Gasteiger partial charge in [0.25, 0.3) is 5.56 Å². The Morgan fingerprint density at radius 1 is 1.21 bits per heavy atom. The summed E-state index contributed by atoms with van der Waals surface area (Å²) in [5.41, 5.74) is 1.77. The van der Waals surface area contributed by atoms with Crippen molar-refractivity contribution >= 4 is 22.8 Å². The van der Waals surface area contributed by atoms with E-state index in [9.17, 15) is 14.7 Å². The molecule has 1 atom stereocenters. The molecule has 0 amide bonds. The summed E-state index contributed by atoms with van der Waals surface area (Å²) in [5.74, 6) is 0.545. The molecule has 1 aromatic carbocycles. The highest BCUT2D eigenvalue weighted by atomic mass is 16.5. The van der Waals surface area contributed by atoms with Crippen LogP contribution in [-0.2, 0) is 24.9 Å². The second-order valence-corrected chi connectivity index (χ2v) is 7.29. The number of rotatable bonds is 5. The molecule has 0 saturated heterocycles. The van der Waals surface area contributed by atoms with Crippen LogP contribution in [0.5, 0.6) is 0 Å². The van der Waals surface area contributed by atoms with E-state index in [0.29, 0.717) is 30.3 Å². The first kappa shape index (κ1) is 19.4. The molecule has 9 nitrogen and oxygen atoms in total. The number of benzene rings is 1. The monoisotopic (exact) mass is 399 g/mol. The van der Waals surface area contributed by atoms with Crippen molar-refractivity contribution in [1.29, 1.82) is 0 Å². The highest BCUT2D eigenvalue weighted by Crippen LogP contribution is 2.31. The SMILES string of the molecule is CCOCCn1c(=O)c2c(nc3n2C[C@@H](O)CN3c2ccc(C)cc2)n(C)c1=O. The molecule has 29 heavy (non-hydrogen) atoms. The number of aliphatic hydroxyl groups is 1. The lowest BCUT2D eigenvalue weighted by molar-refractivity contribution is 0.137. The second-order valence-electron chi connectivity index (χ2n) is 7.29. The first-order valence-electron chi connectivity index (χ1n) is 9.72. The van der Waals surface area contributed by atoms with Crippen LogP contribution in [0.1, 0.15) is 12.5 Å². The third-order valence-corrected chi connectivity index (χ3v) is 5.25. The lowest BCUT2D eigenvalue weighted by atomic mass is 10.2. The highest BCUT2D eigenvalue weighted by molar-refractivity contribution is 5.77. The minimum atomic E-state index is -0.672. The first-order chi connectivity index (χ1) is 13.9. The van der Waals surface area contributed by atoms with E-state index in [1.165, 1.54) is 9.13 Å². The predicted molar refractivity (Wildman–Crippen MR) is 110 cm³/mol. The van der Waals surface area contributed by atoms with Gasteiger partial charge in [0.1, 0.15) is 0 Å². The van der Waals surface area contributed by atoms with Crippen molar-refractivity contribution in [2.24, 2.45) is 7.05 Å². The van der Waals surface area contributed by atoms with Crippen molar-refractivity contribution in [3.8, 4) is 0 Å². The van der Waals surface area contributed by atoms with Crippen molar-refractivity contribution in [2.45, 2.75) is 33.0 Å². The van der Waals surface area contributed by atoms with Crippen LogP contribution < -0.4 is 16.1 Å². The number of anilines is 2. The largest absolute Gasteiger partial charge is 0.389 e. The van der Waals surface area contributed by atoms with Gasteiger partial charge >= 0.3 is 5.69 Å². The lowest BCUT2D eigenvalue weighted by Crippen LogP contribution is -2.42. The number of hydrogen-bond acceptors (Lipinski definition) is 6. The first-order valence-corrected chi connectivity index (χ1v) is 9.72. The zero-order valence-corrected chi connectivity index (χ0v) is 16.8. The summed E-state index contributed by atoms with van der Waals surface area (Å²) >= 11 is 0. The van der Waals surface area contributed by atoms with E-state index >= 15 is 0 Å². The fourth-order valence-electron chi connectivity index (χ4n) is 3.74. The van der Waals surface area contributed by atoms with Crippen LogP contribution in [0.2, 0.25) is 0 Å². The molecule has 1 aliphatic heterocycles. The van der Waals surface area contributed by atoms with Gasteiger partial charge in [-0.25, -0.2) is 4.79 Å². The van der Waals surface area contributed by atoms with Gasteiger partial charge in [-0.15, -0.1) is 0 Å². The van der Waals surface area contributed by atoms with Crippen LogP contribution in [-0.4, -0.2) is 49.7 Å². The van der Waals surface area contributed by atoms with Gasteiger partial charge in [-0.3, -0.25) is 13.9 Å². The van der Waals surface area contributed by atoms with E-state index < -0.39 is 17.4 Å². The molecule has 1 N–H and O–H groups in total. The number of hydrogen-bond donors (Lipinski definition) is 1. The van der Waals surface area contributed by atoms with Crippen molar-refractivity contribution < 1.29 is 9.84 Å². The normalized spacial score (nSPS) is 16.4. The molecule has 0 bridgehead atoms. The van der Waals surface area contributed by atoms with E-state index in [1.807, 2.05) is 43.0 Å². The Morgan fingerprint density at radius 2 is 1.93 bits per heavy atom. The number of aryl methyl sites for hydroxylation is 2. The number of imidazole rings is 1. The second kappa shape index (κ2) is 7.49. The van der Waals surface area contributed by atoms with Crippen LogP contribution in [0.4, 0.5) is 11.6 Å². The Labute approximate surface area is 167 Å². The standard InChI is InChI=1S/C20H25N5O4/c1-4-29-10-9-23-18(27)16-17(22(3)20(23)28)21-19-24(11-15(26)12-25(16)19)14-7-5-13(2)6-8-14/h5-8,15,26H,4,9-12H2,1-3H3/t15-/m0/s1. The third kappa shape index (κ3) is 3.26. The van der Waals surface area contributed by atoms with Gasteiger partial charge < -0.3 is 19.3 Å². The zero-order valence-electron chi connectivity index (χ0n) is 16.8. The molecule has 2 aromatic heterocycles. The Kier molecular flexibility index (Phi) is 5.01. The molecule has 1 aliphatic rings. The Bertz CT molecular complexity index is 1160. The third-order valence-electron chi connectivity index (χ3n) is 5.25. The van der Waals surface area contributed by atoms with E-state index in [1.54, 1.807) is 11.6 Å². The van der Waals surface area contributed by atoms with Gasteiger partial charge in [-0.2, -0.15) is 4.98 Å². The Balaban J connectivity index is 1.91. The molecule has 0 radical (unpaired) electrons. The molecule has 0 spiro atoms. The molecule has 4 rings (SSSR count). The number of aromatic nitrogens is 4. The minimum absolute atomic E-state index is 0.167. The van der Waals surface area contributed by atoms with Gasteiger partial charge in [0.15, 0.2) is 11.2 Å². The van der Waals surface area contributed by atoms with E-state index in [2.05, 4.69) is 4.98 Å². The van der Waals surface area contributed by atoms with Crippen molar-refractivity contribution in [2.75, 3.05) is 24.7 Å². The van der Waals surface area contributed by atoms with Crippen LogP contribution >= 0.6 is 0 Å². The van der Waals surface area contributed by atoms with Gasteiger partial charge in [-0.05, 0) is 26.0 Å². The molecule has 0 fully saturated rings. The van der Waals surface area contributed by atoms with Crippen LogP contribution in [0, 0.1) is 6.92 Å². The molecule has 3 aromatic rings. The fourth-order valence-corrected chi connectivity index (χ4v) is 3.74. The molecule has 9 heteroatoms. The molecule has 154 valence electrons. The summed E-state index contributed by atoms with van der Waals surface area (Å²) in [4.78, 5) is 32.4. The summed E-state index contributed by atoms with van der Waals surface area (Å²) in [7, 11) is 1.60. The van der Waals surface area contributed by atoms with E-state index in [0.717, 1.165) is 11.3 Å².